The van der Waals surface area contributed by atoms with E-state index in [-0.39, 0.29) is 23.3 Å². The lowest BCUT2D eigenvalue weighted by atomic mass is 10.1. The zero-order chi connectivity index (χ0) is 28.4. The minimum Gasteiger partial charge on any atom is -0.354 e. The first-order valence-corrected chi connectivity index (χ1v) is 14.8. The van der Waals surface area contributed by atoms with E-state index < -0.39 is 28.5 Å². The Kier molecular flexibility index (Phi) is 10.7. The van der Waals surface area contributed by atoms with Gasteiger partial charge in [-0.25, -0.2) is 8.42 Å². The molecule has 7 nitrogen and oxygen atoms in total. The van der Waals surface area contributed by atoms with Crippen molar-refractivity contribution >= 4 is 27.5 Å². The van der Waals surface area contributed by atoms with Crippen molar-refractivity contribution in [1.82, 2.24) is 10.2 Å². The lowest BCUT2D eigenvalue weighted by Crippen LogP contribution is -2.53. The molecule has 0 spiro atoms. The summed E-state index contributed by atoms with van der Waals surface area (Å²) < 4.78 is 28.9. The number of nitrogens with one attached hydrogen (secondary N) is 1. The molecule has 0 aliphatic carbocycles. The van der Waals surface area contributed by atoms with Crippen LogP contribution in [0.15, 0.2) is 89.8 Å². The van der Waals surface area contributed by atoms with Crippen LogP contribution in [-0.2, 0) is 26.0 Å². The summed E-state index contributed by atoms with van der Waals surface area (Å²) in [4.78, 5) is 28.9. The third kappa shape index (κ3) is 7.93. The first kappa shape index (κ1) is 29.9. The molecule has 3 aromatic rings. The van der Waals surface area contributed by atoms with Crippen molar-refractivity contribution in [2.75, 3.05) is 23.9 Å². The van der Waals surface area contributed by atoms with Crippen LogP contribution in [-0.4, -0.2) is 50.8 Å². The van der Waals surface area contributed by atoms with E-state index in [1.807, 2.05) is 70.2 Å². The molecule has 0 fully saturated rings. The van der Waals surface area contributed by atoms with Crippen molar-refractivity contribution in [2.45, 2.75) is 51.5 Å². The fourth-order valence-corrected chi connectivity index (χ4v) is 5.89. The quantitative estimate of drug-likeness (QED) is 0.331. The summed E-state index contributed by atoms with van der Waals surface area (Å²) in [7, 11) is -4.06. The number of hydrogen-bond acceptors (Lipinski definition) is 4. The minimum atomic E-state index is -4.06. The zero-order valence-electron chi connectivity index (χ0n) is 23.2. The fourth-order valence-electron chi connectivity index (χ4n) is 4.39. The minimum absolute atomic E-state index is 0.0959. The Labute approximate surface area is 232 Å². The molecule has 0 aliphatic heterocycles. The third-order valence-corrected chi connectivity index (χ3v) is 8.32. The molecular formula is C31H39N3O4S. The average Bonchev–Trinajstić information content (AvgIpc) is 2.94. The van der Waals surface area contributed by atoms with Crippen LogP contribution in [0.3, 0.4) is 0 Å². The summed E-state index contributed by atoms with van der Waals surface area (Å²) in [5, 5.41) is 2.95. The molecule has 1 atom stereocenters. The van der Waals surface area contributed by atoms with Crippen LogP contribution in [0.25, 0.3) is 0 Å². The predicted molar refractivity (Wildman–Crippen MR) is 156 cm³/mol. The van der Waals surface area contributed by atoms with Gasteiger partial charge in [0.05, 0.1) is 10.6 Å². The summed E-state index contributed by atoms with van der Waals surface area (Å²) in [6.45, 7) is 8.04. The Morgan fingerprint density at radius 3 is 2.05 bits per heavy atom. The Hall–Kier alpha value is -3.65. The van der Waals surface area contributed by atoms with Crippen molar-refractivity contribution in [3.63, 3.8) is 0 Å². The maximum atomic E-state index is 14.0. The van der Waals surface area contributed by atoms with E-state index in [2.05, 4.69) is 5.32 Å². The Morgan fingerprint density at radius 2 is 1.46 bits per heavy atom. The molecule has 0 saturated carbocycles. The highest BCUT2D eigenvalue weighted by atomic mass is 32.2. The third-order valence-electron chi connectivity index (χ3n) is 6.55. The van der Waals surface area contributed by atoms with Gasteiger partial charge in [0.15, 0.2) is 0 Å². The smallest absolute Gasteiger partial charge is 0.264 e. The molecule has 208 valence electrons. The highest BCUT2D eigenvalue weighted by Crippen LogP contribution is 2.27. The molecule has 3 aromatic carbocycles. The number of rotatable bonds is 13. The van der Waals surface area contributed by atoms with Crippen LogP contribution in [0.4, 0.5) is 5.69 Å². The molecule has 2 amide bonds. The summed E-state index contributed by atoms with van der Waals surface area (Å²) in [6.07, 6.45) is 0.941. The second kappa shape index (κ2) is 13.9. The largest absolute Gasteiger partial charge is 0.354 e. The summed E-state index contributed by atoms with van der Waals surface area (Å²) in [5.41, 5.74) is 2.18. The number of hydrogen-bond donors (Lipinski definition) is 1. The number of carbonyl (C=O) groups excluding carboxylic acids is 2. The van der Waals surface area contributed by atoms with Crippen LogP contribution < -0.4 is 9.62 Å². The van der Waals surface area contributed by atoms with E-state index in [4.69, 9.17) is 0 Å². The second-order valence-electron chi connectivity index (χ2n) is 10.00. The van der Waals surface area contributed by atoms with E-state index in [0.717, 1.165) is 15.4 Å². The number of para-hydroxylation sites is 1. The van der Waals surface area contributed by atoms with E-state index in [0.29, 0.717) is 25.1 Å². The Balaban J connectivity index is 1.99. The first-order valence-electron chi connectivity index (χ1n) is 13.4. The van der Waals surface area contributed by atoms with Crippen LogP contribution in [0.5, 0.6) is 0 Å². The van der Waals surface area contributed by atoms with Gasteiger partial charge in [-0.15, -0.1) is 0 Å². The van der Waals surface area contributed by atoms with Crippen LogP contribution >= 0.6 is 0 Å². The molecule has 0 aliphatic rings. The lowest BCUT2D eigenvalue weighted by Gasteiger charge is -2.33. The van der Waals surface area contributed by atoms with Gasteiger partial charge in [-0.05, 0) is 55.0 Å². The number of amides is 2. The molecular weight excluding hydrogens is 510 g/mol. The topological polar surface area (TPSA) is 86.8 Å². The number of nitrogens with zero attached hydrogens (tertiary/aromatic N) is 2. The molecule has 0 radical (unpaired) electrons. The van der Waals surface area contributed by atoms with Gasteiger partial charge in [0, 0.05) is 13.1 Å². The van der Waals surface area contributed by atoms with Gasteiger partial charge in [-0.2, -0.15) is 0 Å². The maximum Gasteiger partial charge on any atom is 0.264 e. The summed E-state index contributed by atoms with van der Waals surface area (Å²) >= 11 is 0. The number of aryl methyl sites for hydroxylation is 1. The van der Waals surface area contributed by atoms with Crippen molar-refractivity contribution < 1.29 is 18.0 Å². The molecule has 0 aromatic heterocycles. The highest BCUT2D eigenvalue weighted by molar-refractivity contribution is 7.92. The normalized spacial score (nSPS) is 12.1. The van der Waals surface area contributed by atoms with Crippen molar-refractivity contribution in [3.05, 3.63) is 96.1 Å². The summed E-state index contributed by atoms with van der Waals surface area (Å²) in [5.74, 6) is -0.409. The van der Waals surface area contributed by atoms with Gasteiger partial charge < -0.3 is 10.2 Å². The lowest BCUT2D eigenvalue weighted by molar-refractivity contribution is -0.139. The van der Waals surface area contributed by atoms with E-state index in [9.17, 15) is 18.0 Å². The molecule has 0 unspecified atom stereocenters. The average molecular weight is 550 g/mol. The number of carbonyl (C=O) groups is 2. The molecule has 0 saturated heterocycles. The monoisotopic (exact) mass is 549 g/mol. The molecule has 3 rings (SSSR count). The van der Waals surface area contributed by atoms with E-state index >= 15 is 0 Å². The van der Waals surface area contributed by atoms with Crippen LogP contribution in [0, 0.1) is 12.8 Å². The number of anilines is 1. The standard InChI is InChI=1S/C31H39N3O4S/c1-5-28(31(36)32-22-24(2)3)33(21-20-26-15-8-6-9-16-26)30(35)23-34(29-19-13-12-14-25(29)4)39(37,38)27-17-10-7-11-18-27/h6-19,24,28H,5,20-23H2,1-4H3,(H,32,36)/t28-/m1/s1. The highest BCUT2D eigenvalue weighted by Gasteiger charge is 2.33. The Bertz CT molecular complexity index is 1330. The van der Waals surface area contributed by atoms with Gasteiger partial charge in [0.25, 0.3) is 10.0 Å². The van der Waals surface area contributed by atoms with Crippen LogP contribution in [0.2, 0.25) is 0 Å². The predicted octanol–water partition coefficient (Wildman–Crippen LogP) is 4.81. The summed E-state index contributed by atoms with van der Waals surface area (Å²) in [6, 6.07) is 24.2. The number of sulfonamides is 1. The second-order valence-corrected chi connectivity index (χ2v) is 11.9. The van der Waals surface area contributed by atoms with Gasteiger partial charge in [-0.3, -0.25) is 13.9 Å². The van der Waals surface area contributed by atoms with Gasteiger partial charge in [0.1, 0.15) is 12.6 Å². The van der Waals surface area contributed by atoms with Gasteiger partial charge in [0.2, 0.25) is 11.8 Å². The Morgan fingerprint density at radius 1 is 0.872 bits per heavy atom. The molecule has 39 heavy (non-hydrogen) atoms. The molecule has 8 heteroatoms. The zero-order valence-corrected chi connectivity index (χ0v) is 24.0. The van der Waals surface area contributed by atoms with Crippen molar-refractivity contribution in [1.29, 1.82) is 0 Å². The van der Waals surface area contributed by atoms with Crippen molar-refractivity contribution in [2.24, 2.45) is 5.92 Å². The van der Waals surface area contributed by atoms with E-state index in [1.165, 1.54) is 17.0 Å². The maximum absolute atomic E-state index is 14.0. The van der Waals surface area contributed by atoms with Gasteiger partial charge in [-0.1, -0.05) is 87.5 Å². The van der Waals surface area contributed by atoms with Crippen molar-refractivity contribution in [3.8, 4) is 0 Å². The van der Waals surface area contributed by atoms with Gasteiger partial charge >= 0.3 is 0 Å². The molecule has 1 N–H and O–H groups in total. The first-order chi connectivity index (χ1) is 18.6. The molecule has 0 bridgehead atoms. The SMILES string of the molecule is CC[C@H](C(=O)NCC(C)C)N(CCc1ccccc1)C(=O)CN(c1ccccc1C)S(=O)(=O)c1ccccc1. The van der Waals surface area contributed by atoms with Crippen LogP contribution in [0.1, 0.15) is 38.3 Å². The molecule has 0 heterocycles. The number of benzene rings is 3. The fraction of sp³-hybridized carbons (Fsp3) is 0.355. The van der Waals surface area contributed by atoms with E-state index in [1.54, 1.807) is 30.3 Å².